The van der Waals surface area contributed by atoms with E-state index in [0.29, 0.717) is 11.4 Å². The molecule has 2 rings (SSSR count). The highest BCUT2D eigenvalue weighted by atomic mass is 32.2. The summed E-state index contributed by atoms with van der Waals surface area (Å²) in [4.78, 5) is 20.8. The second-order valence-electron chi connectivity index (χ2n) is 5.29. The van der Waals surface area contributed by atoms with Crippen LogP contribution in [0.25, 0.3) is 0 Å². The molecule has 0 saturated carbocycles. The first-order valence-electron chi connectivity index (χ1n) is 7.58. The van der Waals surface area contributed by atoms with Crippen molar-refractivity contribution in [1.29, 1.82) is 0 Å². The standard InChI is InChI=1S/C16H20N4O4S/c1-5-17-25(22,23)12-6-7-14(24-4)13(9-12)15(21)20-16-18-10(2)8-11(3)19-16/h6-9,17H,5H2,1-4H3,(H,18,19,20,21). The number of nitrogens with one attached hydrogen (secondary N) is 2. The lowest BCUT2D eigenvalue weighted by molar-refractivity contribution is 0.102. The summed E-state index contributed by atoms with van der Waals surface area (Å²) < 4.78 is 31.8. The van der Waals surface area contributed by atoms with Crippen LogP contribution in [0.5, 0.6) is 5.75 Å². The van der Waals surface area contributed by atoms with Crippen molar-refractivity contribution in [3.8, 4) is 5.75 Å². The summed E-state index contributed by atoms with van der Waals surface area (Å²) in [5, 5.41) is 2.57. The number of nitrogens with zero attached hydrogens (tertiary/aromatic N) is 2. The first-order chi connectivity index (χ1) is 11.8. The summed E-state index contributed by atoms with van der Waals surface area (Å²) in [5.74, 6) is -0.169. The number of methoxy groups -OCH3 is 1. The van der Waals surface area contributed by atoms with Gasteiger partial charge in [-0.15, -0.1) is 0 Å². The van der Waals surface area contributed by atoms with Crippen molar-refractivity contribution >= 4 is 21.9 Å². The molecule has 0 unspecified atom stereocenters. The van der Waals surface area contributed by atoms with Crippen molar-refractivity contribution < 1.29 is 17.9 Å². The molecule has 1 aromatic carbocycles. The van der Waals surface area contributed by atoms with E-state index in [1.807, 2.05) is 0 Å². The fourth-order valence-electron chi connectivity index (χ4n) is 2.26. The molecule has 0 radical (unpaired) electrons. The van der Waals surface area contributed by atoms with Crippen molar-refractivity contribution in [3.63, 3.8) is 0 Å². The van der Waals surface area contributed by atoms with Gasteiger partial charge in [-0.2, -0.15) is 0 Å². The van der Waals surface area contributed by atoms with Gasteiger partial charge in [-0.1, -0.05) is 6.92 Å². The smallest absolute Gasteiger partial charge is 0.261 e. The predicted octanol–water partition coefficient (Wildman–Crippen LogP) is 1.65. The summed E-state index contributed by atoms with van der Waals surface area (Å²) in [5.41, 5.74) is 1.49. The molecule has 1 heterocycles. The van der Waals surface area contributed by atoms with Crippen LogP contribution in [0.3, 0.4) is 0 Å². The zero-order chi connectivity index (χ0) is 18.6. The van der Waals surface area contributed by atoms with E-state index in [9.17, 15) is 13.2 Å². The van der Waals surface area contributed by atoms with Gasteiger partial charge >= 0.3 is 0 Å². The Labute approximate surface area is 146 Å². The van der Waals surface area contributed by atoms with Crippen molar-refractivity contribution in [1.82, 2.24) is 14.7 Å². The lowest BCUT2D eigenvalue weighted by Crippen LogP contribution is -2.24. The number of carbonyl (C=O) groups excluding carboxylic acids is 1. The Balaban J connectivity index is 2.40. The van der Waals surface area contributed by atoms with Gasteiger partial charge < -0.3 is 4.74 Å². The number of hydrogen-bond donors (Lipinski definition) is 2. The van der Waals surface area contributed by atoms with Gasteiger partial charge in [0.2, 0.25) is 16.0 Å². The van der Waals surface area contributed by atoms with E-state index >= 15 is 0 Å². The van der Waals surface area contributed by atoms with Crippen molar-refractivity contribution in [2.75, 3.05) is 19.0 Å². The minimum atomic E-state index is -3.69. The molecule has 1 amide bonds. The number of amides is 1. The Morgan fingerprint density at radius 1 is 1.16 bits per heavy atom. The highest BCUT2D eigenvalue weighted by Crippen LogP contribution is 2.23. The maximum absolute atomic E-state index is 12.6. The fourth-order valence-corrected chi connectivity index (χ4v) is 3.32. The van der Waals surface area contributed by atoms with Crippen LogP contribution < -0.4 is 14.8 Å². The Hall–Kier alpha value is -2.52. The van der Waals surface area contributed by atoms with Gasteiger partial charge in [0.15, 0.2) is 0 Å². The molecule has 0 fully saturated rings. The summed E-state index contributed by atoms with van der Waals surface area (Å²) >= 11 is 0. The van der Waals surface area contributed by atoms with Crippen molar-refractivity contribution in [2.24, 2.45) is 0 Å². The molecule has 1 aromatic heterocycles. The second kappa shape index (κ2) is 7.58. The van der Waals surface area contributed by atoms with Crippen LogP contribution in [0, 0.1) is 13.8 Å². The van der Waals surface area contributed by atoms with E-state index in [0.717, 1.165) is 0 Å². The molecule has 0 aliphatic carbocycles. The number of benzene rings is 1. The average molecular weight is 364 g/mol. The van der Waals surface area contributed by atoms with Crippen LogP contribution in [0.15, 0.2) is 29.2 Å². The Bertz CT molecular complexity index is 877. The number of aryl methyl sites for hydroxylation is 2. The number of hydrogen-bond acceptors (Lipinski definition) is 6. The fraction of sp³-hybridized carbons (Fsp3) is 0.312. The lowest BCUT2D eigenvalue weighted by atomic mass is 10.2. The molecule has 0 saturated heterocycles. The third-order valence-electron chi connectivity index (χ3n) is 3.27. The summed E-state index contributed by atoms with van der Waals surface area (Å²) in [7, 11) is -2.29. The van der Waals surface area contributed by atoms with Crippen LogP contribution in [-0.4, -0.2) is 37.9 Å². The van der Waals surface area contributed by atoms with Gasteiger partial charge in [0.25, 0.3) is 5.91 Å². The van der Waals surface area contributed by atoms with Crippen molar-refractivity contribution in [3.05, 3.63) is 41.2 Å². The Morgan fingerprint density at radius 3 is 2.36 bits per heavy atom. The van der Waals surface area contributed by atoms with Gasteiger partial charge in [-0.05, 0) is 38.1 Å². The molecule has 134 valence electrons. The van der Waals surface area contributed by atoms with E-state index < -0.39 is 15.9 Å². The summed E-state index contributed by atoms with van der Waals surface area (Å²) in [6.45, 7) is 5.49. The van der Waals surface area contributed by atoms with Crippen LogP contribution in [0.2, 0.25) is 0 Å². The zero-order valence-electron chi connectivity index (χ0n) is 14.5. The zero-order valence-corrected chi connectivity index (χ0v) is 15.3. The maximum Gasteiger partial charge on any atom is 0.261 e. The monoisotopic (exact) mass is 364 g/mol. The molecule has 0 atom stereocenters. The van der Waals surface area contributed by atoms with Crippen LogP contribution in [-0.2, 0) is 10.0 Å². The SMILES string of the molecule is CCNS(=O)(=O)c1ccc(OC)c(C(=O)Nc2nc(C)cc(C)n2)c1. The molecule has 0 bridgehead atoms. The normalized spacial score (nSPS) is 11.2. The molecule has 0 aliphatic heterocycles. The van der Waals surface area contributed by atoms with Crippen LogP contribution >= 0.6 is 0 Å². The summed E-state index contributed by atoms with van der Waals surface area (Å²) in [6, 6.07) is 5.84. The third kappa shape index (κ3) is 4.52. The minimum Gasteiger partial charge on any atom is -0.496 e. The molecular weight excluding hydrogens is 344 g/mol. The molecule has 0 spiro atoms. The van der Waals surface area contributed by atoms with Gasteiger partial charge in [-0.25, -0.2) is 23.1 Å². The molecule has 2 aromatic rings. The highest BCUT2D eigenvalue weighted by molar-refractivity contribution is 7.89. The average Bonchev–Trinajstić information content (AvgIpc) is 2.53. The Kier molecular flexibility index (Phi) is 5.70. The van der Waals surface area contributed by atoms with Crippen molar-refractivity contribution in [2.45, 2.75) is 25.7 Å². The number of aromatic nitrogens is 2. The van der Waals surface area contributed by atoms with Crippen LogP contribution in [0.1, 0.15) is 28.7 Å². The molecule has 8 nitrogen and oxygen atoms in total. The molecule has 2 N–H and O–H groups in total. The van der Waals surface area contributed by atoms with Gasteiger partial charge in [0.1, 0.15) is 5.75 Å². The van der Waals surface area contributed by atoms with E-state index in [4.69, 9.17) is 4.74 Å². The first-order valence-corrected chi connectivity index (χ1v) is 9.06. The lowest BCUT2D eigenvalue weighted by Gasteiger charge is -2.11. The molecular formula is C16H20N4O4S. The van der Waals surface area contributed by atoms with Gasteiger partial charge in [-0.3, -0.25) is 10.1 Å². The number of ether oxygens (including phenoxy) is 1. The Morgan fingerprint density at radius 2 is 1.80 bits per heavy atom. The number of rotatable bonds is 6. The molecule has 25 heavy (non-hydrogen) atoms. The number of sulfonamides is 1. The van der Waals surface area contributed by atoms with E-state index in [2.05, 4.69) is 20.0 Å². The quantitative estimate of drug-likeness (QED) is 0.806. The number of carbonyl (C=O) groups is 1. The van der Waals surface area contributed by atoms with E-state index in [1.54, 1.807) is 26.8 Å². The largest absolute Gasteiger partial charge is 0.496 e. The molecule has 0 aliphatic rings. The highest BCUT2D eigenvalue weighted by Gasteiger charge is 2.20. The first kappa shape index (κ1) is 18.8. The van der Waals surface area contributed by atoms with Gasteiger partial charge in [0, 0.05) is 17.9 Å². The second-order valence-corrected chi connectivity index (χ2v) is 7.06. The maximum atomic E-state index is 12.6. The van der Waals surface area contributed by atoms with Gasteiger partial charge in [0.05, 0.1) is 17.6 Å². The predicted molar refractivity (Wildman–Crippen MR) is 93.3 cm³/mol. The van der Waals surface area contributed by atoms with Crippen LogP contribution in [0.4, 0.5) is 5.95 Å². The van der Waals surface area contributed by atoms with E-state index in [1.165, 1.54) is 25.3 Å². The third-order valence-corrected chi connectivity index (χ3v) is 4.81. The minimum absolute atomic E-state index is 0.0263. The molecule has 9 heteroatoms. The number of anilines is 1. The van der Waals surface area contributed by atoms with E-state index in [-0.39, 0.29) is 28.7 Å². The summed E-state index contributed by atoms with van der Waals surface area (Å²) in [6.07, 6.45) is 0. The topological polar surface area (TPSA) is 110 Å².